The van der Waals surface area contributed by atoms with Crippen molar-refractivity contribution in [3.8, 4) is 0 Å². The van der Waals surface area contributed by atoms with E-state index in [1.165, 1.54) is 4.90 Å². The van der Waals surface area contributed by atoms with Gasteiger partial charge in [0.25, 0.3) is 0 Å². The van der Waals surface area contributed by atoms with Gasteiger partial charge in [0, 0.05) is 31.7 Å². The van der Waals surface area contributed by atoms with Crippen LogP contribution in [0.15, 0.2) is 0 Å². The highest BCUT2D eigenvalue weighted by Gasteiger charge is 2.33. The molecule has 0 saturated carbocycles. The van der Waals surface area contributed by atoms with E-state index in [0.29, 0.717) is 13.1 Å². The summed E-state index contributed by atoms with van der Waals surface area (Å²) in [5, 5.41) is 2.95. The van der Waals surface area contributed by atoms with Crippen LogP contribution in [0.4, 0.5) is 26.3 Å². The minimum atomic E-state index is -2.23. The molecule has 0 amide bonds. The van der Waals surface area contributed by atoms with Crippen molar-refractivity contribution in [3.05, 3.63) is 34.6 Å². The van der Waals surface area contributed by atoms with Crippen molar-refractivity contribution in [1.82, 2.24) is 10.2 Å². The summed E-state index contributed by atoms with van der Waals surface area (Å²) in [6.45, 7) is 0.179. The monoisotopic (exact) mass is 298 g/mol. The molecule has 0 bridgehead atoms. The molecule has 20 heavy (non-hydrogen) atoms. The predicted octanol–water partition coefficient (Wildman–Crippen LogP) is 2.30. The van der Waals surface area contributed by atoms with Gasteiger partial charge >= 0.3 is 0 Å². The number of nitrogens with one attached hydrogen (secondary N) is 1. The van der Waals surface area contributed by atoms with Gasteiger partial charge in [0.1, 0.15) is 6.67 Å². The summed E-state index contributed by atoms with van der Waals surface area (Å²) in [6.07, 6.45) is 0. The number of halogens is 6. The van der Waals surface area contributed by atoms with E-state index in [-0.39, 0.29) is 13.1 Å². The van der Waals surface area contributed by atoms with Gasteiger partial charge in [-0.3, -0.25) is 4.90 Å². The van der Waals surface area contributed by atoms with Crippen molar-refractivity contribution in [2.24, 2.45) is 0 Å². The molecule has 0 unspecified atom stereocenters. The molecule has 1 aliphatic rings. The molecule has 0 aliphatic carbocycles. The predicted molar refractivity (Wildman–Crippen MR) is 59.4 cm³/mol. The summed E-state index contributed by atoms with van der Waals surface area (Å²) >= 11 is 0. The molecule has 1 saturated heterocycles. The Morgan fingerprint density at radius 1 is 0.850 bits per heavy atom. The highest BCUT2D eigenvalue weighted by molar-refractivity contribution is 5.27. The molecule has 1 aromatic rings. The van der Waals surface area contributed by atoms with E-state index in [4.69, 9.17) is 0 Å². The first-order valence-corrected chi connectivity index (χ1v) is 6.01. The molecule has 112 valence electrons. The zero-order chi connectivity index (χ0) is 14.9. The van der Waals surface area contributed by atoms with Crippen molar-refractivity contribution in [3.63, 3.8) is 0 Å². The molecule has 1 aliphatic heterocycles. The molecule has 2 nitrogen and oxygen atoms in total. The summed E-state index contributed by atoms with van der Waals surface area (Å²) in [6, 6.07) is -1.48. The topological polar surface area (TPSA) is 15.3 Å². The number of alkyl halides is 1. The molecule has 1 aromatic carbocycles. The Labute approximate surface area is 111 Å². The second-order valence-electron chi connectivity index (χ2n) is 4.44. The Morgan fingerprint density at radius 3 is 1.75 bits per heavy atom. The molecule has 1 N–H and O–H groups in total. The van der Waals surface area contributed by atoms with E-state index < -0.39 is 47.4 Å². The number of hydrogen-bond acceptors (Lipinski definition) is 2. The molecule has 2 rings (SSSR count). The number of piperazine rings is 1. The maximum absolute atomic E-state index is 13.7. The Balaban J connectivity index is 2.48. The average molecular weight is 298 g/mol. The first-order chi connectivity index (χ1) is 9.49. The van der Waals surface area contributed by atoms with E-state index in [0.717, 1.165) is 0 Å². The Bertz CT molecular complexity index is 472. The summed E-state index contributed by atoms with van der Waals surface area (Å²) in [4.78, 5) is 1.36. The summed E-state index contributed by atoms with van der Waals surface area (Å²) < 4.78 is 79.7. The van der Waals surface area contributed by atoms with Gasteiger partial charge in [-0.05, 0) is 0 Å². The molecule has 1 heterocycles. The lowest BCUT2D eigenvalue weighted by atomic mass is 10.0. The first kappa shape index (κ1) is 15.1. The van der Waals surface area contributed by atoms with Crippen molar-refractivity contribution in [2.75, 3.05) is 32.9 Å². The molecular formula is C12H12F6N2. The third-order valence-electron chi connectivity index (χ3n) is 3.32. The van der Waals surface area contributed by atoms with Gasteiger partial charge in [-0.2, -0.15) is 0 Å². The largest absolute Gasteiger partial charge is 0.314 e. The van der Waals surface area contributed by atoms with Gasteiger partial charge in [0.05, 0.1) is 6.04 Å². The third kappa shape index (κ3) is 2.49. The molecule has 0 aromatic heterocycles. The minimum Gasteiger partial charge on any atom is -0.314 e. The van der Waals surface area contributed by atoms with Crippen LogP contribution in [0.5, 0.6) is 0 Å². The van der Waals surface area contributed by atoms with E-state index in [2.05, 4.69) is 5.32 Å². The zero-order valence-corrected chi connectivity index (χ0v) is 10.3. The summed E-state index contributed by atoms with van der Waals surface area (Å²) in [7, 11) is 0. The van der Waals surface area contributed by atoms with Gasteiger partial charge in [0.2, 0.25) is 5.82 Å². The third-order valence-corrected chi connectivity index (χ3v) is 3.32. The van der Waals surface area contributed by atoms with E-state index in [9.17, 15) is 26.3 Å². The summed E-state index contributed by atoms with van der Waals surface area (Å²) in [5.41, 5.74) is -1.11. The van der Waals surface area contributed by atoms with E-state index >= 15 is 0 Å². The summed E-state index contributed by atoms with van der Waals surface area (Å²) in [5.74, 6) is -10.3. The molecule has 1 fully saturated rings. The van der Waals surface area contributed by atoms with Crippen molar-refractivity contribution < 1.29 is 26.3 Å². The quantitative estimate of drug-likeness (QED) is 0.523. The van der Waals surface area contributed by atoms with Crippen LogP contribution in [0.2, 0.25) is 0 Å². The number of nitrogens with zero attached hydrogens (tertiary/aromatic N) is 1. The van der Waals surface area contributed by atoms with Gasteiger partial charge < -0.3 is 5.32 Å². The Kier molecular flexibility index (Phi) is 4.54. The molecular weight excluding hydrogens is 286 g/mol. The standard InChI is InChI=1S/C12H12F6N2/c13-5-6(20-3-1-19-2-4-20)7-8(14)10(16)12(18)11(17)9(7)15/h6,19H,1-5H2/t6-/m1/s1. The zero-order valence-electron chi connectivity index (χ0n) is 10.3. The normalized spacial score (nSPS) is 18.3. The fourth-order valence-electron chi connectivity index (χ4n) is 2.27. The van der Waals surface area contributed by atoms with Crippen molar-refractivity contribution in [2.45, 2.75) is 6.04 Å². The highest BCUT2D eigenvalue weighted by atomic mass is 19.2. The van der Waals surface area contributed by atoms with Gasteiger partial charge in [-0.1, -0.05) is 0 Å². The molecule has 8 heteroatoms. The number of hydrogen-bond donors (Lipinski definition) is 1. The fraction of sp³-hybridized carbons (Fsp3) is 0.500. The van der Waals surface area contributed by atoms with Crippen LogP contribution >= 0.6 is 0 Å². The smallest absolute Gasteiger partial charge is 0.200 e. The lowest BCUT2D eigenvalue weighted by Crippen LogP contribution is -2.46. The van der Waals surface area contributed by atoms with Gasteiger partial charge in [0.15, 0.2) is 23.3 Å². The van der Waals surface area contributed by atoms with Crippen LogP contribution < -0.4 is 5.32 Å². The van der Waals surface area contributed by atoms with Gasteiger partial charge in [-0.25, -0.2) is 26.3 Å². The first-order valence-electron chi connectivity index (χ1n) is 6.01. The minimum absolute atomic E-state index is 0.258. The average Bonchev–Trinajstić information content (AvgIpc) is 2.48. The number of benzene rings is 1. The van der Waals surface area contributed by atoms with Crippen molar-refractivity contribution >= 4 is 0 Å². The second-order valence-corrected chi connectivity index (χ2v) is 4.44. The lowest BCUT2D eigenvalue weighted by Gasteiger charge is -2.33. The SMILES string of the molecule is FC[C@H](c1c(F)c(F)c(F)c(F)c1F)N1CCNCC1. The van der Waals surface area contributed by atoms with Gasteiger partial charge in [-0.15, -0.1) is 0 Å². The van der Waals surface area contributed by atoms with E-state index in [1.807, 2.05) is 0 Å². The molecule has 1 atom stereocenters. The maximum Gasteiger partial charge on any atom is 0.200 e. The van der Waals surface area contributed by atoms with Crippen LogP contribution in [0.3, 0.4) is 0 Å². The van der Waals surface area contributed by atoms with E-state index in [1.54, 1.807) is 0 Å². The van der Waals surface area contributed by atoms with Crippen molar-refractivity contribution in [1.29, 1.82) is 0 Å². The fourth-order valence-corrected chi connectivity index (χ4v) is 2.27. The van der Waals surface area contributed by atoms with Crippen LogP contribution in [0, 0.1) is 29.1 Å². The van der Waals surface area contributed by atoms with Crippen LogP contribution in [0.25, 0.3) is 0 Å². The Morgan fingerprint density at radius 2 is 1.30 bits per heavy atom. The lowest BCUT2D eigenvalue weighted by molar-refractivity contribution is 0.139. The van der Waals surface area contributed by atoms with Crippen LogP contribution in [-0.4, -0.2) is 37.8 Å². The Hall–Kier alpha value is -1.28. The highest BCUT2D eigenvalue weighted by Crippen LogP contribution is 2.31. The maximum atomic E-state index is 13.7. The molecule has 0 spiro atoms. The van der Waals surface area contributed by atoms with Crippen LogP contribution in [-0.2, 0) is 0 Å². The van der Waals surface area contributed by atoms with Crippen LogP contribution in [0.1, 0.15) is 11.6 Å². The number of rotatable bonds is 3. The molecule has 0 radical (unpaired) electrons. The second kappa shape index (κ2) is 6.01.